The third-order valence-corrected chi connectivity index (χ3v) is 3.34. The molecule has 1 aromatic rings. The summed E-state index contributed by atoms with van der Waals surface area (Å²) in [7, 11) is 0. The molecule has 70 valence electrons. The third-order valence-electron chi connectivity index (χ3n) is 2.54. The minimum atomic E-state index is 0.575. The van der Waals surface area contributed by atoms with Crippen molar-refractivity contribution in [2.75, 3.05) is 11.9 Å². The van der Waals surface area contributed by atoms with Crippen LogP contribution < -0.4 is 5.32 Å². The molecule has 13 heavy (non-hydrogen) atoms. The summed E-state index contributed by atoms with van der Waals surface area (Å²) in [4.78, 5) is 0. The van der Waals surface area contributed by atoms with Crippen LogP contribution in [0.4, 0.5) is 5.69 Å². The highest BCUT2D eigenvalue weighted by molar-refractivity contribution is 6.43. The minimum Gasteiger partial charge on any atom is -0.384 e. The van der Waals surface area contributed by atoms with Crippen molar-refractivity contribution in [3.8, 4) is 0 Å². The van der Waals surface area contributed by atoms with Crippen LogP contribution in [-0.2, 0) is 0 Å². The number of nitrogens with one attached hydrogen (secondary N) is 1. The Bertz CT molecular complexity index is 336. The fourth-order valence-corrected chi connectivity index (χ4v) is 2.12. The molecule has 1 aliphatic heterocycles. The summed E-state index contributed by atoms with van der Waals surface area (Å²) in [5.74, 6) is 0.575. The lowest BCUT2D eigenvalue weighted by Gasteiger charge is -2.25. The summed E-state index contributed by atoms with van der Waals surface area (Å²) in [6, 6.07) is 3.92. The maximum atomic E-state index is 6.08. The van der Waals surface area contributed by atoms with Gasteiger partial charge < -0.3 is 5.32 Å². The molecule has 0 saturated heterocycles. The molecule has 1 atom stereocenters. The van der Waals surface area contributed by atoms with Crippen LogP contribution in [0.2, 0.25) is 10.0 Å². The maximum Gasteiger partial charge on any atom is 0.0826 e. The Morgan fingerprint density at radius 1 is 1.38 bits per heavy atom. The van der Waals surface area contributed by atoms with E-state index in [2.05, 4.69) is 18.3 Å². The summed E-state index contributed by atoms with van der Waals surface area (Å²) < 4.78 is 0. The standard InChI is InChI=1S/C10H11Cl2N/c1-6-4-5-13-10-7(6)2-3-8(11)9(10)12/h2-3,6,13H,4-5H2,1H3. The summed E-state index contributed by atoms with van der Waals surface area (Å²) in [5.41, 5.74) is 2.30. The lowest BCUT2D eigenvalue weighted by Crippen LogP contribution is -2.15. The van der Waals surface area contributed by atoms with Gasteiger partial charge in [-0.2, -0.15) is 0 Å². The fourth-order valence-electron chi connectivity index (χ4n) is 1.73. The predicted molar refractivity (Wildman–Crippen MR) is 58.0 cm³/mol. The van der Waals surface area contributed by atoms with E-state index in [4.69, 9.17) is 23.2 Å². The van der Waals surface area contributed by atoms with E-state index >= 15 is 0 Å². The minimum absolute atomic E-state index is 0.575. The highest BCUT2D eigenvalue weighted by Crippen LogP contribution is 2.39. The number of hydrogen-bond acceptors (Lipinski definition) is 1. The first kappa shape index (κ1) is 9.17. The Morgan fingerprint density at radius 3 is 2.92 bits per heavy atom. The van der Waals surface area contributed by atoms with Gasteiger partial charge in [0.15, 0.2) is 0 Å². The molecule has 0 bridgehead atoms. The van der Waals surface area contributed by atoms with Crippen molar-refractivity contribution in [1.29, 1.82) is 0 Å². The van der Waals surface area contributed by atoms with Gasteiger partial charge in [0.2, 0.25) is 0 Å². The molecule has 1 heterocycles. The van der Waals surface area contributed by atoms with Crippen molar-refractivity contribution in [3.63, 3.8) is 0 Å². The van der Waals surface area contributed by atoms with Crippen molar-refractivity contribution in [1.82, 2.24) is 0 Å². The molecular formula is C10H11Cl2N. The topological polar surface area (TPSA) is 12.0 Å². The number of rotatable bonds is 0. The average Bonchev–Trinajstić information content (AvgIpc) is 2.12. The summed E-state index contributed by atoms with van der Waals surface area (Å²) >= 11 is 12.0. The Kier molecular flexibility index (Phi) is 2.39. The Balaban J connectivity index is 2.56. The largest absolute Gasteiger partial charge is 0.384 e. The fraction of sp³-hybridized carbons (Fsp3) is 0.400. The second-order valence-electron chi connectivity index (χ2n) is 3.44. The van der Waals surface area contributed by atoms with E-state index in [1.54, 1.807) is 0 Å². The second kappa shape index (κ2) is 3.39. The van der Waals surface area contributed by atoms with Crippen LogP contribution in [0.25, 0.3) is 0 Å². The average molecular weight is 216 g/mol. The lowest BCUT2D eigenvalue weighted by molar-refractivity contribution is 0.684. The predicted octanol–water partition coefficient (Wildman–Crippen LogP) is 3.91. The van der Waals surface area contributed by atoms with Crippen LogP contribution >= 0.6 is 23.2 Å². The number of hydrogen-bond donors (Lipinski definition) is 1. The van der Waals surface area contributed by atoms with Gasteiger partial charge in [0.05, 0.1) is 15.7 Å². The zero-order valence-electron chi connectivity index (χ0n) is 7.40. The summed E-state index contributed by atoms with van der Waals surface area (Å²) in [6.45, 7) is 3.19. The van der Waals surface area contributed by atoms with E-state index in [9.17, 15) is 0 Å². The van der Waals surface area contributed by atoms with E-state index in [-0.39, 0.29) is 0 Å². The molecular weight excluding hydrogens is 205 g/mol. The highest BCUT2D eigenvalue weighted by Gasteiger charge is 2.19. The number of halogens is 2. The molecule has 0 aliphatic carbocycles. The van der Waals surface area contributed by atoms with Crippen molar-refractivity contribution in [2.24, 2.45) is 0 Å². The number of anilines is 1. The van der Waals surface area contributed by atoms with Crippen LogP contribution in [0, 0.1) is 0 Å². The zero-order valence-corrected chi connectivity index (χ0v) is 8.91. The molecule has 0 radical (unpaired) electrons. The Morgan fingerprint density at radius 2 is 2.15 bits per heavy atom. The molecule has 0 amide bonds. The molecule has 1 nitrogen and oxygen atoms in total. The normalized spacial score (nSPS) is 20.7. The number of benzene rings is 1. The van der Waals surface area contributed by atoms with Gasteiger partial charge in [0.1, 0.15) is 0 Å². The highest BCUT2D eigenvalue weighted by atomic mass is 35.5. The molecule has 1 aliphatic rings. The smallest absolute Gasteiger partial charge is 0.0826 e. The van der Waals surface area contributed by atoms with Crippen molar-refractivity contribution in [3.05, 3.63) is 27.7 Å². The van der Waals surface area contributed by atoms with E-state index in [1.807, 2.05) is 6.07 Å². The van der Waals surface area contributed by atoms with Crippen LogP contribution in [0.15, 0.2) is 12.1 Å². The molecule has 0 fully saturated rings. The van der Waals surface area contributed by atoms with E-state index in [1.165, 1.54) is 5.56 Å². The molecule has 0 aromatic heterocycles. The van der Waals surface area contributed by atoms with Gasteiger partial charge in [-0.25, -0.2) is 0 Å². The molecule has 2 rings (SSSR count). The van der Waals surface area contributed by atoms with Crippen molar-refractivity contribution < 1.29 is 0 Å². The summed E-state index contributed by atoms with van der Waals surface area (Å²) in [6.07, 6.45) is 1.16. The van der Waals surface area contributed by atoms with E-state index in [0.29, 0.717) is 16.0 Å². The molecule has 1 aromatic carbocycles. The molecule has 0 saturated carbocycles. The van der Waals surface area contributed by atoms with Crippen LogP contribution in [-0.4, -0.2) is 6.54 Å². The van der Waals surface area contributed by atoms with Gasteiger partial charge in [-0.3, -0.25) is 0 Å². The maximum absolute atomic E-state index is 6.08. The van der Waals surface area contributed by atoms with Crippen molar-refractivity contribution >= 4 is 28.9 Å². The van der Waals surface area contributed by atoms with Crippen LogP contribution in [0.5, 0.6) is 0 Å². The van der Waals surface area contributed by atoms with Gasteiger partial charge in [-0.15, -0.1) is 0 Å². The summed E-state index contributed by atoms with van der Waals surface area (Å²) in [5, 5.41) is 4.57. The second-order valence-corrected chi connectivity index (χ2v) is 4.23. The van der Waals surface area contributed by atoms with Gasteiger partial charge >= 0.3 is 0 Å². The Hall–Kier alpha value is -0.400. The quantitative estimate of drug-likeness (QED) is 0.693. The SMILES string of the molecule is CC1CCNc2c1ccc(Cl)c2Cl. The molecule has 1 N–H and O–H groups in total. The lowest BCUT2D eigenvalue weighted by atomic mass is 9.93. The number of fused-ring (bicyclic) bond motifs is 1. The Labute approximate surface area is 88.0 Å². The molecule has 1 unspecified atom stereocenters. The first-order valence-corrected chi connectivity index (χ1v) is 5.17. The first-order valence-electron chi connectivity index (χ1n) is 4.42. The monoisotopic (exact) mass is 215 g/mol. The third kappa shape index (κ3) is 1.51. The van der Waals surface area contributed by atoms with E-state index < -0.39 is 0 Å². The molecule has 0 spiro atoms. The first-order chi connectivity index (χ1) is 6.20. The molecule has 3 heteroatoms. The van der Waals surface area contributed by atoms with Gasteiger partial charge in [-0.05, 0) is 24.0 Å². The van der Waals surface area contributed by atoms with Gasteiger partial charge in [-0.1, -0.05) is 36.2 Å². The van der Waals surface area contributed by atoms with Crippen molar-refractivity contribution in [2.45, 2.75) is 19.3 Å². The zero-order chi connectivity index (χ0) is 9.42. The van der Waals surface area contributed by atoms with Gasteiger partial charge in [0, 0.05) is 6.54 Å². The van der Waals surface area contributed by atoms with Crippen LogP contribution in [0.1, 0.15) is 24.8 Å². The van der Waals surface area contributed by atoms with E-state index in [0.717, 1.165) is 18.7 Å². The van der Waals surface area contributed by atoms with Gasteiger partial charge in [0.25, 0.3) is 0 Å². The van der Waals surface area contributed by atoms with Crippen LogP contribution in [0.3, 0.4) is 0 Å².